The van der Waals surface area contributed by atoms with Gasteiger partial charge in [-0.25, -0.2) is 9.59 Å². The van der Waals surface area contributed by atoms with Crippen LogP contribution in [0.2, 0.25) is 0 Å². The van der Waals surface area contributed by atoms with Gasteiger partial charge in [0.15, 0.2) is 6.61 Å². The van der Waals surface area contributed by atoms with Crippen LogP contribution in [0.15, 0.2) is 54.6 Å². The van der Waals surface area contributed by atoms with Gasteiger partial charge >= 0.3 is 11.9 Å². The fourth-order valence-electron chi connectivity index (χ4n) is 2.64. The number of esters is 2. The Labute approximate surface area is 164 Å². The Bertz CT molecular complexity index is 799. The van der Waals surface area contributed by atoms with Crippen LogP contribution >= 0.6 is 0 Å². The van der Waals surface area contributed by atoms with E-state index < -0.39 is 30.5 Å². The number of carbonyl (C=O) groups excluding carboxylic acids is 3. The van der Waals surface area contributed by atoms with Crippen molar-refractivity contribution in [3.63, 3.8) is 0 Å². The Kier molecular flexibility index (Phi) is 7.75. The first-order valence-corrected chi connectivity index (χ1v) is 9.09. The molecule has 2 aromatic carbocycles. The first kappa shape index (κ1) is 21.2. The molecular formula is C22H25NO5. The van der Waals surface area contributed by atoms with Crippen LogP contribution < -0.4 is 5.32 Å². The molecule has 0 spiro atoms. The van der Waals surface area contributed by atoms with Crippen LogP contribution in [0.3, 0.4) is 0 Å². The predicted octanol–water partition coefficient (Wildman–Crippen LogP) is 2.87. The lowest BCUT2D eigenvalue weighted by molar-refractivity contribution is -0.145. The second kappa shape index (κ2) is 10.3. The third-order valence-corrected chi connectivity index (χ3v) is 4.25. The summed E-state index contributed by atoms with van der Waals surface area (Å²) in [5.74, 6) is -1.37. The lowest BCUT2D eigenvalue weighted by Gasteiger charge is -2.16. The molecule has 148 valence electrons. The molecule has 1 N–H and O–H groups in total. The van der Waals surface area contributed by atoms with Gasteiger partial charge in [-0.3, -0.25) is 4.79 Å². The maximum absolute atomic E-state index is 12.1. The molecular weight excluding hydrogens is 358 g/mol. The third-order valence-electron chi connectivity index (χ3n) is 4.25. The highest BCUT2D eigenvalue weighted by molar-refractivity contribution is 5.92. The minimum Gasteiger partial charge on any atom is -0.467 e. The average Bonchev–Trinajstić information content (AvgIpc) is 2.71. The van der Waals surface area contributed by atoms with Crippen LogP contribution in [0.5, 0.6) is 0 Å². The Balaban J connectivity index is 1.91. The van der Waals surface area contributed by atoms with E-state index in [-0.39, 0.29) is 6.42 Å². The van der Waals surface area contributed by atoms with Gasteiger partial charge in [0.2, 0.25) is 0 Å². The van der Waals surface area contributed by atoms with Gasteiger partial charge < -0.3 is 14.8 Å². The molecule has 0 saturated heterocycles. The molecule has 6 heteroatoms. The Hall–Kier alpha value is -3.15. The molecule has 6 nitrogen and oxygen atoms in total. The highest BCUT2D eigenvalue weighted by atomic mass is 16.5. The Morgan fingerprint density at radius 2 is 1.61 bits per heavy atom. The molecule has 1 atom stereocenters. The number of nitrogens with one attached hydrogen (secondary N) is 1. The number of methoxy groups -OCH3 is 1. The number of ether oxygens (including phenoxy) is 2. The van der Waals surface area contributed by atoms with Crippen molar-refractivity contribution in [2.45, 2.75) is 32.2 Å². The summed E-state index contributed by atoms with van der Waals surface area (Å²) in [5.41, 5.74) is 2.35. The molecule has 0 heterocycles. The van der Waals surface area contributed by atoms with Crippen molar-refractivity contribution < 1.29 is 23.9 Å². The number of carbonyl (C=O) groups is 3. The smallest absolute Gasteiger partial charge is 0.338 e. The summed E-state index contributed by atoms with van der Waals surface area (Å²) in [5, 5.41) is 2.56. The van der Waals surface area contributed by atoms with Crippen LogP contribution in [-0.4, -0.2) is 37.6 Å². The van der Waals surface area contributed by atoms with Crippen molar-refractivity contribution in [2.75, 3.05) is 13.7 Å². The zero-order valence-electron chi connectivity index (χ0n) is 16.3. The summed E-state index contributed by atoms with van der Waals surface area (Å²) in [6.07, 6.45) is 0.282. The molecule has 0 radical (unpaired) electrons. The van der Waals surface area contributed by atoms with Gasteiger partial charge in [-0.15, -0.1) is 0 Å². The summed E-state index contributed by atoms with van der Waals surface area (Å²) in [7, 11) is 1.26. The van der Waals surface area contributed by atoms with Gasteiger partial charge in [0.05, 0.1) is 12.7 Å². The Morgan fingerprint density at radius 1 is 0.964 bits per heavy atom. The van der Waals surface area contributed by atoms with Crippen molar-refractivity contribution in [3.05, 3.63) is 71.3 Å². The van der Waals surface area contributed by atoms with Gasteiger partial charge in [-0.05, 0) is 29.2 Å². The van der Waals surface area contributed by atoms with E-state index in [0.717, 1.165) is 11.1 Å². The minimum atomic E-state index is -0.857. The number of hydrogen-bond donors (Lipinski definition) is 1. The molecule has 28 heavy (non-hydrogen) atoms. The summed E-state index contributed by atoms with van der Waals surface area (Å²) in [4.78, 5) is 36.2. The second-order valence-electron chi connectivity index (χ2n) is 6.69. The summed E-state index contributed by atoms with van der Waals surface area (Å²) < 4.78 is 9.80. The maximum Gasteiger partial charge on any atom is 0.338 e. The molecule has 0 aliphatic carbocycles. The normalized spacial score (nSPS) is 11.6. The lowest BCUT2D eigenvalue weighted by Crippen LogP contribution is -2.44. The van der Waals surface area contributed by atoms with Crippen molar-refractivity contribution in [1.29, 1.82) is 0 Å². The first-order valence-electron chi connectivity index (χ1n) is 9.09. The molecule has 1 amide bonds. The van der Waals surface area contributed by atoms with Crippen molar-refractivity contribution in [2.24, 2.45) is 0 Å². The molecule has 0 unspecified atom stereocenters. The van der Waals surface area contributed by atoms with Gasteiger partial charge in [-0.1, -0.05) is 56.3 Å². The maximum atomic E-state index is 12.1. The molecule has 0 fully saturated rings. The van der Waals surface area contributed by atoms with Gasteiger partial charge in [0.25, 0.3) is 5.91 Å². The van der Waals surface area contributed by atoms with E-state index in [4.69, 9.17) is 9.47 Å². The van der Waals surface area contributed by atoms with Gasteiger partial charge in [-0.2, -0.15) is 0 Å². The molecule has 0 aliphatic rings. The summed E-state index contributed by atoms with van der Waals surface area (Å²) in [6, 6.07) is 15.4. The van der Waals surface area contributed by atoms with Crippen LogP contribution in [0.4, 0.5) is 0 Å². The monoisotopic (exact) mass is 383 g/mol. The fraction of sp³-hybridized carbons (Fsp3) is 0.318. The van der Waals surface area contributed by atoms with Crippen molar-refractivity contribution >= 4 is 17.8 Å². The fourth-order valence-corrected chi connectivity index (χ4v) is 2.64. The van der Waals surface area contributed by atoms with Crippen LogP contribution in [-0.2, 0) is 25.5 Å². The summed E-state index contributed by atoms with van der Waals surface area (Å²) in [6.45, 7) is 3.64. The predicted molar refractivity (Wildman–Crippen MR) is 105 cm³/mol. The van der Waals surface area contributed by atoms with Gasteiger partial charge in [0.1, 0.15) is 6.04 Å². The summed E-state index contributed by atoms with van der Waals surface area (Å²) >= 11 is 0. The first-order chi connectivity index (χ1) is 13.4. The number of amides is 1. The zero-order chi connectivity index (χ0) is 20.5. The largest absolute Gasteiger partial charge is 0.467 e. The standard InChI is InChI=1S/C22H25NO5/c1-15(2)17-9-11-18(12-10-17)21(25)28-14-20(24)23-19(22(26)27-3)13-16-7-5-4-6-8-16/h4-12,15,19H,13-14H2,1-3H3,(H,23,24)/t19-/m1/s1. The van der Waals surface area contributed by atoms with Crippen LogP contribution in [0.1, 0.15) is 41.3 Å². The average molecular weight is 383 g/mol. The van der Waals surface area contributed by atoms with E-state index in [0.29, 0.717) is 11.5 Å². The third kappa shape index (κ3) is 6.23. The lowest BCUT2D eigenvalue weighted by atomic mass is 10.0. The highest BCUT2D eigenvalue weighted by Crippen LogP contribution is 2.15. The molecule has 0 aromatic heterocycles. The van der Waals surface area contributed by atoms with E-state index in [2.05, 4.69) is 19.2 Å². The molecule has 0 saturated carbocycles. The molecule has 0 aliphatic heterocycles. The number of benzene rings is 2. The second-order valence-corrected chi connectivity index (χ2v) is 6.69. The minimum absolute atomic E-state index is 0.282. The number of hydrogen-bond acceptors (Lipinski definition) is 5. The molecule has 0 bridgehead atoms. The Morgan fingerprint density at radius 3 is 2.18 bits per heavy atom. The number of rotatable bonds is 8. The SMILES string of the molecule is COC(=O)[C@@H](Cc1ccccc1)NC(=O)COC(=O)c1ccc(C(C)C)cc1. The van der Waals surface area contributed by atoms with E-state index in [1.54, 1.807) is 12.1 Å². The zero-order valence-corrected chi connectivity index (χ0v) is 16.3. The van der Waals surface area contributed by atoms with E-state index in [1.165, 1.54) is 7.11 Å². The van der Waals surface area contributed by atoms with Crippen molar-refractivity contribution in [3.8, 4) is 0 Å². The van der Waals surface area contributed by atoms with E-state index in [1.807, 2.05) is 42.5 Å². The van der Waals surface area contributed by atoms with E-state index in [9.17, 15) is 14.4 Å². The van der Waals surface area contributed by atoms with Crippen LogP contribution in [0.25, 0.3) is 0 Å². The highest BCUT2D eigenvalue weighted by Gasteiger charge is 2.22. The quantitative estimate of drug-likeness (QED) is 0.709. The van der Waals surface area contributed by atoms with Crippen LogP contribution in [0, 0.1) is 0 Å². The molecule has 2 rings (SSSR count). The molecule has 2 aromatic rings. The van der Waals surface area contributed by atoms with Gasteiger partial charge in [0, 0.05) is 6.42 Å². The topological polar surface area (TPSA) is 81.7 Å². The van der Waals surface area contributed by atoms with Crippen molar-refractivity contribution in [1.82, 2.24) is 5.32 Å². The van der Waals surface area contributed by atoms with E-state index >= 15 is 0 Å².